The highest BCUT2D eigenvalue weighted by atomic mass is 16.6. The van der Waals surface area contributed by atoms with Crippen molar-refractivity contribution in [1.82, 2.24) is 5.32 Å². The van der Waals surface area contributed by atoms with E-state index in [1.807, 2.05) is 0 Å². The van der Waals surface area contributed by atoms with Crippen LogP contribution in [0, 0.1) is 15.5 Å². The number of hydrogen-bond acceptors (Lipinski definition) is 6. The van der Waals surface area contributed by atoms with Crippen LogP contribution in [-0.2, 0) is 20.7 Å². The highest BCUT2D eigenvalue weighted by Gasteiger charge is 2.49. The Bertz CT molecular complexity index is 763. The Hall–Kier alpha value is -2.70. The molecule has 1 N–H and O–H groups in total. The van der Waals surface area contributed by atoms with E-state index >= 15 is 0 Å². The van der Waals surface area contributed by atoms with Crippen LogP contribution in [0.4, 0.5) is 5.69 Å². The maximum atomic E-state index is 12.4. The first-order chi connectivity index (χ1) is 13.0. The van der Waals surface area contributed by atoms with E-state index in [-0.39, 0.29) is 24.0 Å². The van der Waals surface area contributed by atoms with E-state index in [2.05, 4.69) is 5.32 Å². The maximum Gasteiger partial charge on any atom is 0.328 e. The number of esters is 1. The Kier molecular flexibility index (Phi) is 5.58. The number of benzene rings is 1. The fourth-order valence-electron chi connectivity index (χ4n) is 3.93. The minimum Gasteiger partial charge on any atom is -0.464 e. The van der Waals surface area contributed by atoms with Crippen LogP contribution < -0.4 is 5.32 Å². The van der Waals surface area contributed by atoms with Gasteiger partial charge in [0, 0.05) is 30.3 Å². The molecule has 7 nitrogen and oxygen atoms in total. The van der Waals surface area contributed by atoms with Crippen molar-refractivity contribution in [2.45, 2.75) is 51.5 Å². The number of nitrogens with zero attached hydrogens (tertiary/aromatic N) is 1. The molecule has 1 spiro atoms. The molecule has 0 aliphatic heterocycles. The predicted molar refractivity (Wildman–Crippen MR) is 99.0 cm³/mol. The molecule has 1 aromatic carbocycles. The minimum absolute atomic E-state index is 0.00727. The van der Waals surface area contributed by atoms with Crippen LogP contribution in [0.15, 0.2) is 36.0 Å². The molecule has 0 radical (unpaired) electrons. The SMILES string of the molecule is CCOC(=O)[C@H](Cc1ccc([N+](=O)[O-])cc1)NC1=CC(=O)C12CCCCC2. The summed E-state index contributed by atoms with van der Waals surface area (Å²) in [4.78, 5) is 35.0. The van der Waals surface area contributed by atoms with E-state index < -0.39 is 16.4 Å². The number of carbonyl (C=O) groups excluding carboxylic acids is 2. The van der Waals surface area contributed by atoms with E-state index in [4.69, 9.17) is 4.74 Å². The van der Waals surface area contributed by atoms with Crippen LogP contribution in [0.1, 0.15) is 44.6 Å². The number of ketones is 1. The number of carbonyl (C=O) groups is 2. The van der Waals surface area contributed by atoms with E-state index in [0.717, 1.165) is 43.4 Å². The average Bonchev–Trinajstić information content (AvgIpc) is 2.68. The number of rotatable bonds is 7. The molecule has 2 aliphatic rings. The third kappa shape index (κ3) is 3.86. The highest BCUT2D eigenvalue weighted by Crippen LogP contribution is 2.48. The van der Waals surface area contributed by atoms with Crippen LogP contribution in [0.2, 0.25) is 0 Å². The van der Waals surface area contributed by atoms with Gasteiger partial charge in [0.25, 0.3) is 5.69 Å². The molecule has 0 heterocycles. The van der Waals surface area contributed by atoms with Crippen molar-refractivity contribution in [3.63, 3.8) is 0 Å². The van der Waals surface area contributed by atoms with Gasteiger partial charge < -0.3 is 10.1 Å². The van der Waals surface area contributed by atoms with Gasteiger partial charge >= 0.3 is 5.97 Å². The molecular weight excluding hydrogens is 348 g/mol. The van der Waals surface area contributed by atoms with Crippen LogP contribution in [0.5, 0.6) is 0 Å². The zero-order valence-electron chi connectivity index (χ0n) is 15.4. The van der Waals surface area contributed by atoms with Crippen LogP contribution in [0.3, 0.4) is 0 Å². The first kappa shape index (κ1) is 19.1. The number of non-ortho nitro benzene ring substituents is 1. The fraction of sp³-hybridized carbons (Fsp3) is 0.500. The van der Waals surface area contributed by atoms with Gasteiger partial charge in [-0.2, -0.15) is 0 Å². The van der Waals surface area contributed by atoms with Gasteiger partial charge in [-0.1, -0.05) is 31.4 Å². The van der Waals surface area contributed by atoms with Gasteiger partial charge in [-0.05, 0) is 25.3 Å². The molecule has 7 heteroatoms. The minimum atomic E-state index is -0.635. The summed E-state index contributed by atoms with van der Waals surface area (Å²) in [6.07, 6.45) is 6.71. The van der Waals surface area contributed by atoms with E-state index in [1.54, 1.807) is 25.1 Å². The zero-order valence-corrected chi connectivity index (χ0v) is 15.4. The normalized spacial score (nSPS) is 19.0. The third-order valence-electron chi connectivity index (χ3n) is 5.46. The van der Waals surface area contributed by atoms with Gasteiger partial charge in [0.1, 0.15) is 6.04 Å². The van der Waals surface area contributed by atoms with Gasteiger partial charge in [0.2, 0.25) is 0 Å². The quantitative estimate of drug-likeness (QED) is 0.449. The molecule has 27 heavy (non-hydrogen) atoms. The Morgan fingerprint density at radius 3 is 2.48 bits per heavy atom. The molecule has 3 rings (SSSR count). The predicted octanol–water partition coefficient (Wildman–Crippen LogP) is 3.08. The molecule has 0 unspecified atom stereocenters. The maximum absolute atomic E-state index is 12.4. The number of allylic oxidation sites excluding steroid dienone is 2. The summed E-state index contributed by atoms with van der Waals surface area (Å²) in [5.74, 6) is -0.246. The average molecular weight is 372 g/mol. The monoisotopic (exact) mass is 372 g/mol. The lowest BCUT2D eigenvalue weighted by Crippen LogP contribution is -2.52. The number of hydrogen-bond donors (Lipinski definition) is 1. The number of nitrogens with one attached hydrogen (secondary N) is 1. The van der Waals surface area contributed by atoms with Gasteiger partial charge in [0.15, 0.2) is 5.78 Å². The first-order valence-electron chi connectivity index (χ1n) is 9.39. The number of ether oxygens (including phenoxy) is 1. The molecule has 1 aromatic rings. The molecule has 144 valence electrons. The number of nitro benzene ring substituents is 1. The molecule has 0 amide bonds. The van der Waals surface area contributed by atoms with Crippen molar-refractivity contribution < 1.29 is 19.2 Å². The van der Waals surface area contributed by atoms with Crippen molar-refractivity contribution in [3.8, 4) is 0 Å². The van der Waals surface area contributed by atoms with Crippen molar-refractivity contribution in [1.29, 1.82) is 0 Å². The van der Waals surface area contributed by atoms with Crippen molar-refractivity contribution >= 4 is 17.4 Å². The van der Waals surface area contributed by atoms with Crippen LogP contribution in [0.25, 0.3) is 0 Å². The zero-order chi connectivity index (χ0) is 19.4. The summed E-state index contributed by atoms with van der Waals surface area (Å²) in [6, 6.07) is 5.49. The Balaban J connectivity index is 1.76. The van der Waals surface area contributed by atoms with Gasteiger partial charge in [-0.25, -0.2) is 4.79 Å². The summed E-state index contributed by atoms with van der Waals surface area (Å²) >= 11 is 0. The summed E-state index contributed by atoms with van der Waals surface area (Å²) in [6.45, 7) is 2.01. The molecule has 2 aliphatic carbocycles. The summed E-state index contributed by atoms with van der Waals surface area (Å²) in [5, 5.41) is 14.0. The first-order valence-corrected chi connectivity index (χ1v) is 9.39. The molecule has 0 aromatic heterocycles. The molecule has 0 saturated heterocycles. The fourth-order valence-corrected chi connectivity index (χ4v) is 3.93. The van der Waals surface area contributed by atoms with E-state index in [0.29, 0.717) is 6.42 Å². The van der Waals surface area contributed by atoms with Crippen LogP contribution >= 0.6 is 0 Å². The van der Waals surface area contributed by atoms with E-state index in [1.165, 1.54) is 12.1 Å². The molecule has 1 fully saturated rings. The van der Waals surface area contributed by atoms with Crippen LogP contribution in [-0.4, -0.2) is 29.3 Å². The summed E-state index contributed by atoms with van der Waals surface area (Å²) < 4.78 is 5.19. The molecular formula is C20H24N2O5. The number of nitro groups is 1. The lowest BCUT2D eigenvalue weighted by Gasteiger charge is -2.44. The van der Waals surface area contributed by atoms with Crippen molar-refractivity contribution in [2.24, 2.45) is 5.41 Å². The third-order valence-corrected chi connectivity index (χ3v) is 5.46. The Labute approximate surface area is 157 Å². The summed E-state index contributed by atoms with van der Waals surface area (Å²) in [5.41, 5.74) is 1.16. The largest absolute Gasteiger partial charge is 0.464 e. The topological polar surface area (TPSA) is 98.5 Å². The molecule has 1 atom stereocenters. The standard InChI is InChI=1S/C20H24N2O5/c1-2-27-19(24)16(12-14-6-8-15(9-7-14)22(25)26)21-17-13-18(23)20(17)10-4-3-5-11-20/h6-9,13,16,21H,2-5,10-12H2,1H3/t16-/m0/s1. The second-order valence-corrected chi connectivity index (χ2v) is 7.14. The van der Waals surface area contributed by atoms with Gasteiger partial charge in [-0.3, -0.25) is 14.9 Å². The van der Waals surface area contributed by atoms with Crippen molar-refractivity contribution in [3.05, 3.63) is 51.7 Å². The smallest absolute Gasteiger partial charge is 0.328 e. The van der Waals surface area contributed by atoms with E-state index in [9.17, 15) is 19.7 Å². The highest BCUT2D eigenvalue weighted by molar-refractivity contribution is 6.05. The van der Waals surface area contributed by atoms with Gasteiger partial charge in [-0.15, -0.1) is 0 Å². The molecule has 1 saturated carbocycles. The molecule has 0 bridgehead atoms. The lowest BCUT2D eigenvalue weighted by molar-refractivity contribution is -0.384. The Morgan fingerprint density at radius 2 is 1.93 bits per heavy atom. The Morgan fingerprint density at radius 1 is 1.26 bits per heavy atom. The summed E-state index contributed by atoms with van der Waals surface area (Å²) in [7, 11) is 0. The lowest BCUT2D eigenvalue weighted by atomic mass is 9.62. The second kappa shape index (κ2) is 7.90. The second-order valence-electron chi connectivity index (χ2n) is 7.14. The van der Waals surface area contributed by atoms with Gasteiger partial charge in [0.05, 0.1) is 16.9 Å². The van der Waals surface area contributed by atoms with Crippen molar-refractivity contribution in [2.75, 3.05) is 6.61 Å².